The lowest BCUT2D eigenvalue weighted by atomic mass is 9.97. The zero-order valence-corrected chi connectivity index (χ0v) is 13.2. The van der Waals surface area contributed by atoms with Gasteiger partial charge in [-0.3, -0.25) is 4.90 Å². The second-order valence-corrected chi connectivity index (χ2v) is 6.65. The Morgan fingerprint density at radius 1 is 1.14 bits per heavy atom. The molecular weight excluding hydrogens is 260 g/mol. The predicted octanol–water partition coefficient (Wildman–Crippen LogP) is 2.80. The summed E-state index contributed by atoms with van der Waals surface area (Å²) in [4.78, 5) is 2.58. The van der Waals surface area contributed by atoms with Crippen LogP contribution in [0.1, 0.15) is 36.8 Å². The third-order valence-electron chi connectivity index (χ3n) is 4.68. The van der Waals surface area contributed by atoms with Crippen molar-refractivity contribution in [3.8, 4) is 0 Å². The van der Waals surface area contributed by atoms with Crippen molar-refractivity contribution in [3.05, 3.63) is 35.4 Å². The average Bonchev–Trinajstić information content (AvgIpc) is 3.32. The molecule has 0 unspecified atom stereocenters. The fraction of sp³-hybridized carbons (Fsp3) is 0.667. The molecule has 0 bridgehead atoms. The molecule has 0 amide bonds. The molecule has 1 N–H and O–H groups in total. The van der Waals surface area contributed by atoms with Gasteiger partial charge >= 0.3 is 0 Å². The van der Waals surface area contributed by atoms with Gasteiger partial charge in [0.05, 0.1) is 0 Å². The Hall–Kier alpha value is -0.900. The molecule has 0 aromatic heterocycles. The van der Waals surface area contributed by atoms with Crippen molar-refractivity contribution < 1.29 is 4.74 Å². The van der Waals surface area contributed by atoms with E-state index in [-0.39, 0.29) is 0 Å². The van der Waals surface area contributed by atoms with Gasteiger partial charge in [0, 0.05) is 32.8 Å². The zero-order chi connectivity index (χ0) is 14.5. The Bertz CT molecular complexity index is 437. The van der Waals surface area contributed by atoms with Crippen LogP contribution in [0.2, 0.25) is 0 Å². The molecule has 1 saturated carbocycles. The fourth-order valence-electron chi connectivity index (χ4n) is 3.19. The van der Waals surface area contributed by atoms with Gasteiger partial charge in [0.25, 0.3) is 0 Å². The molecule has 1 aromatic rings. The van der Waals surface area contributed by atoms with Gasteiger partial charge in [0.2, 0.25) is 0 Å². The molecule has 1 aliphatic carbocycles. The minimum atomic E-state index is 0.764. The van der Waals surface area contributed by atoms with E-state index in [1.54, 1.807) is 0 Å². The molecule has 3 rings (SSSR count). The van der Waals surface area contributed by atoms with Gasteiger partial charge in [-0.05, 0) is 55.8 Å². The van der Waals surface area contributed by atoms with E-state index in [9.17, 15) is 0 Å². The maximum atomic E-state index is 5.28. The summed E-state index contributed by atoms with van der Waals surface area (Å²) in [5.74, 6) is 0.764. The van der Waals surface area contributed by atoms with E-state index in [4.69, 9.17) is 4.74 Å². The highest BCUT2D eigenvalue weighted by molar-refractivity contribution is 5.23. The van der Waals surface area contributed by atoms with Crippen molar-refractivity contribution in [1.82, 2.24) is 10.2 Å². The number of piperidine rings is 1. The van der Waals surface area contributed by atoms with E-state index in [1.165, 1.54) is 49.9 Å². The van der Waals surface area contributed by atoms with Crippen molar-refractivity contribution in [1.29, 1.82) is 0 Å². The number of benzene rings is 1. The molecule has 1 saturated heterocycles. The van der Waals surface area contributed by atoms with Gasteiger partial charge in [-0.2, -0.15) is 0 Å². The summed E-state index contributed by atoms with van der Waals surface area (Å²) in [6.07, 6.45) is 5.26. The summed E-state index contributed by atoms with van der Waals surface area (Å²) in [5.41, 5.74) is 2.88. The normalized spacial score (nSPS) is 20.8. The Kier molecular flexibility index (Phi) is 5.28. The second kappa shape index (κ2) is 7.39. The molecule has 3 heteroatoms. The van der Waals surface area contributed by atoms with Gasteiger partial charge in [-0.15, -0.1) is 0 Å². The van der Waals surface area contributed by atoms with Crippen LogP contribution in [0.4, 0.5) is 0 Å². The quantitative estimate of drug-likeness (QED) is 0.835. The van der Waals surface area contributed by atoms with Crippen molar-refractivity contribution in [3.63, 3.8) is 0 Å². The fourth-order valence-corrected chi connectivity index (χ4v) is 3.19. The van der Waals surface area contributed by atoms with Crippen LogP contribution < -0.4 is 5.32 Å². The van der Waals surface area contributed by atoms with Crippen LogP contribution in [-0.4, -0.2) is 37.7 Å². The van der Waals surface area contributed by atoms with Gasteiger partial charge in [0.15, 0.2) is 0 Å². The molecule has 116 valence electrons. The third kappa shape index (κ3) is 4.80. The van der Waals surface area contributed by atoms with Crippen LogP contribution in [0, 0.1) is 5.92 Å². The minimum absolute atomic E-state index is 0.764. The van der Waals surface area contributed by atoms with Crippen molar-refractivity contribution in [2.45, 2.75) is 44.8 Å². The lowest BCUT2D eigenvalue weighted by molar-refractivity contribution is 0.0968. The van der Waals surface area contributed by atoms with Gasteiger partial charge in [-0.1, -0.05) is 24.3 Å². The number of likely N-dealkylation sites (tertiary alicyclic amines) is 1. The number of hydrogen-bond acceptors (Lipinski definition) is 3. The monoisotopic (exact) mass is 288 g/mol. The largest absolute Gasteiger partial charge is 0.384 e. The summed E-state index contributed by atoms with van der Waals surface area (Å²) in [7, 11) is 1.81. The van der Waals surface area contributed by atoms with E-state index in [2.05, 4.69) is 34.5 Å². The highest BCUT2D eigenvalue weighted by atomic mass is 16.5. The summed E-state index contributed by atoms with van der Waals surface area (Å²) >= 11 is 0. The Morgan fingerprint density at radius 2 is 1.90 bits per heavy atom. The van der Waals surface area contributed by atoms with E-state index in [0.717, 1.165) is 31.7 Å². The molecule has 1 aromatic carbocycles. The van der Waals surface area contributed by atoms with E-state index >= 15 is 0 Å². The van der Waals surface area contributed by atoms with E-state index < -0.39 is 0 Å². The summed E-state index contributed by atoms with van der Waals surface area (Å²) in [5, 5.41) is 3.60. The number of rotatable bonds is 7. The second-order valence-electron chi connectivity index (χ2n) is 6.65. The molecule has 0 radical (unpaired) electrons. The zero-order valence-electron chi connectivity index (χ0n) is 13.2. The molecule has 21 heavy (non-hydrogen) atoms. The smallest absolute Gasteiger partial charge is 0.0491 e. The van der Waals surface area contributed by atoms with Gasteiger partial charge in [0.1, 0.15) is 0 Å². The van der Waals surface area contributed by atoms with E-state index in [1.807, 2.05) is 7.11 Å². The number of ether oxygens (including phenoxy) is 1. The van der Waals surface area contributed by atoms with Crippen molar-refractivity contribution in [2.24, 2.45) is 5.92 Å². The molecule has 0 spiro atoms. The first-order valence-corrected chi connectivity index (χ1v) is 8.36. The SMILES string of the molecule is COCC1CCN(Cc2cccc(CNC3CC3)c2)CC1. The van der Waals surface area contributed by atoms with Crippen LogP contribution in [0.25, 0.3) is 0 Å². The lowest BCUT2D eigenvalue weighted by Gasteiger charge is -2.31. The molecule has 2 fully saturated rings. The number of methoxy groups -OCH3 is 1. The van der Waals surface area contributed by atoms with Gasteiger partial charge in [-0.25, -0.2) is 0 Å². The molecule has 0 atom stereocenters. The molecule has 3 nitrogen and oxygen atoms in total. The van der Waals surface area contributed by atoms with Crippen LogP contribution >= 0.6 is 0 Å². The number of nitrogens with zero attached hydrogens (tertiary/aromatic N) is 1. The molecular formula is C18H28N2O. The molecule has 1 aliphatic heterocycles. The number of nitrogens with one attached hydrogen (secondary N) is 1. The first-order chi connectivity index (χ1) is 10.3. The van der Waals surface area contributed by atoms with E-state index in [0.29, 0.717) is 0 Å². The molecule has 1 heterocycles. The van der Waals surface area contributed by atoms with Crippen LogP contribution in [-0.2, 0) is 17.8 Å². The number of hydrogen-bond donors (Lipinski definition) is 1. The Balaban J connectivity index is 1.47. The predicted molar refractivity (Wildman–Crippen MR) is 86.2 cm³/mol. The first-order valence-electron chi connectivity index (χ1n) is 8.36. The topological polar surface area (TPSA) is 24.5 Å². The standard InChI is InChI=1S/C18H28N2O/c1-21-14-15-7-9-20(10-8-15)13-17-4-2-3-16(11-17)12-19-18-5-6-18/h2-4,11,15,18-19H,5-10,12-14H2,1H3. The van der Waals surface area contributed by atoms with Crippen molar-refractivity contribution >= 4 is 0 Å². The minimum Gasteiger partial charge on any atom is -0.384 e. The Morgan fingerprint density at radius 3 is 2.62 bits per heavy atom. The van der Waals surface area contributed by atoms with Crippen LogP contribution in [0.15, 0.2) is 24.3 Å². The highest BCUT2D eigenvalue weighted by Crippen LogP contribution is 2.21. The highest BCUT2D eigenvalue weighted by Gasteiger charge is 2.20. The van der Waals surface area contributed by atoms with Gasteiger partial charge < -0.3 is 10.1 Å². The van der Waals surface area contributed by atoms with Crippen LogP contribution in [0.5, 0.6) is 0 Å². The Labute approximate surface area is 128 Å². The summed E-state index contributed by atoms with van der Waals surface area (Å²) < 4.78 is 5.28. The summed E-state index contributed by atoms with van der Waals surface area (Å²) in [6.45, 7) is 5.46. The average molecular weight is 288 g/mol. The maximum Gasteiger partial charge on any atom is 0.0491 e. The summed E-state index contributed by atoms with van der Waals surface area (Å²) in [6, 6.07) is 9.87. The van der Waals surface area contributed by atoms with Crippen LogP contribution in [0.3, 0.4) is 0 Å². The maximum absolute atomic E-state index is 5.28. The first kappa shape index (κ1) is 15.0. The lowest BCUT2D eigenvalue weighted by Crippen LogP contribution is -2.34. The molecule has 2 aliphatic rings. The van der Waals surface area contributed by atoms with Crippen molar-refractivity contribution in [2.75, 3.05) is 26.8 Å². The third-order valence-corrected chi connectivity index (χ3v) is 4.68.